The predicted octanol–water partition coefficient (Wildman–Crippen LogP) is 3.29. The minimum absolute atomic E-state index is 0.0240. The van der Waals surface area contributed by atoms with Crippen LogP contribution in [0, 0.1) is 5.92 Å². The Morgan fingerprint density at radius 2 is 1.74 bits per heavy atom. The summed E-state index contributed by atoms with van der Waals surface area (Å²) in [6.07, 6.45) is 4.13. The quantitative estimate of drug-likeness (QED) is 0.855. The van der Waals surface area contributed by atoms with Gasteiger partial charge in [0.15, 0.2) is 0 Å². The van der Waals surface area contributed by atoms with Gasteiger partial charge in [0.2, 0.25) is 0 Å². The first-order valence-electron chi connectivity index (χ1n) is 7.65. The van der Waals surface area contributed by atoms with Crippen molar-refractivity contribution in [3.05, 3.63) is 0 Å². The van der Waals surface area contributed by atoms with Gasteiger partial charge in [0.1, 0.15) is 0 Å². The van der Waals surface area contributed by atoms with E-state index in [1.54, 1.807) is 0 Å². The first-order valence-corrected chi connectivity index (χ1v) is 7.65. The molecular weight excluding hydrogens is 240 g/mol. The summed E-state index contributed by atoms with van der Waals surface area (Å²) < 4.78 is 12.5. The van der Waals surface area contributed by atoms with Crippen LogP contribution in [0.25, 0.3) is 0 Å². The van der Waals surface area contributed by atoms with E-state index in [0.717, 1.165) is 25.7 Å². The van der Waals surface area contributed by atoms with E-state index in [4.69, 9.17) is 9.47 Å². The molecule has 2 fully saturated rings. The van der Waals surface area contributed by atoms with Crippen LogP contribution in [0.3, 0.4) is 0 Å². The minimum Gasteiger partial charge on any atom is -0.388 e. The van der Waals surface area contributed by atoms with Gasteiger partial charge in [0.25, 0.3) is 0 Å². The minimum atomic E-state index is -0.766. The highest BCUT2D eigenvalue weighted by atomic mass is 16.6. The number of aliphatic hydroxyl groups is 1. The smallest absolute Gasteiger partial charge is 0.0921 e. The molecule has 0 spiro atoms. The van der Waals surface area contributed by atoms with Crippen molar-refractivity contribution in [1.29, 1.82) is 0 Å². The van der Waals surface area contributed by atoms with Gasteiger partial charge in [-0.05, 0) is 59.3 Å². The van der Waals surface area contributed by atoms with Gasteiger partial charge in [-0.25, -0.2) is 0 Å². The Morgan fingerprint density at radius 1 is 1.11 bits per heavy atom. The summed E-state index contributed by atoms with van der Waals surface area (Å²) in [7, 11) is 0. The molecule has 0 aromatic carbocycles. The van der Waals surface area contributed by atoms with Gasteiger partial charge < -0.3 is 14.6 Å². The molecule has 0 aromatic rings. The largest absolute Gasteiger partial charge is 0.388 e. The second kappa shape index (κ2) is 4.71. The van der Waals surface area contributed by atoms with Crippen molar-refractivity contribution in [2.75, 3.05) is 0 Å². The first-order chi connectivity index (χ1) is 8.57. The molecule has 2 heterocycles. The number of rotatable bonds is 3. The van der Waals surface area contributed by atoms with E-state index in [9.17, 15) is 5.11 Å². The van der Waals surface area contributed by atoms with Crippen LogP contribution in [-0.2, 0) is 9.47 Å². The van der Waals surface area contributed by atoms with Gasteiger partial charge in [-0.1, -0.05) is 13.8 Å². The summed E-state index contributed by atoms with van der Waals surface area (Å²) in [5, 5.41) is 10.1. The molecule has 3 nitrogen and oxygen atoms in total. The molecule has 2 aliphatic rings. The molecule has 1 N–H and O–H groups in total. The molecule has 0 unspecified atom stereocenters. The molecule has 2 aliphatic heterocycles. The van der Waals surface area contributed by atoms with Crippen LogP contribution >= 0.6 is 0 Å². The predicted molar refractivity (Wildman–Crippen MR) is 76.2 cm³/mol. The van der Waals surface area contributed by atoms with Crippen molar-refractivity contribution >= 4 is 0 Å². The number of hydrogen-bond donors (Lipinski definition) is 1. The van der Waals surface area contributed by atoms with Gasteiger partial charge in [0.05, 0.1) is 29.0 Å². The normalized spacial score (nSPS) is 44.2. The van der Waals surface area contributed by atoms with Gasteiger partial charge in [0, 0.05) is 0 Å². The Balaban J connectivity index is 2.04. The standard InChI is InChI=1S/C16H30O3/c1-11(2)15(5)9-8-13(19-15)16(6)10-7-12(18-16)14(3,4)17/h11-13,17H,7-10H2,1-6H3/t12-,13+,15+,16+/m0/s1. The molecule has 3 heteroatoms. The van der Waals surface area contributed by atoms with Crippen molar-refractivity contribution in [3.8, 4) is 0 Å². The van der Waals surface area contributed by atoms with E-state index < -0.39 is 5.60 Å². The third kappa shape index (κ3) is 2.84. The summed E-state index contributed by atoms with van der Waals surface area (Å²) in [4.78, 5) is 0. The van der Waals surface area contributed by atoms with Gasteiger partial charge in [-0.15, -0.1) is 0 Å². The third-order valence-corrected chi connectivity index (χ3v) is 5.32. The Kier molecular flexibility index (Phi) is 3.79. The zero-order valence-electron chi connectivity index (χ0n) is 13.3. The molecular formula is C16H30O3. The van der Waals surface area contributed by atoms with Crippen molar-refractivity contribution < 1.29 is 14.6 Å². The monoisotopic (exact) mass is 270 g/mol. The van der Waals surface area contributed by atoms with Crippen molar-refractivity contribution in [2.24, 2.45) is 5.92 Å². The average Bonchev–Trinajstić information content (AvgIpc) is 2.83. The Bertz CT molecular complexity index is 333. The number of hydrogen-bond acceptors (Lipinski definition) is 3. The summed E-state index contributed by atoms with van der Waals surface area (Å²) >= 11 is 0. The average molecular weight is 270 g/mol. The molecule has 0 aromatic heterocycles. The highest BCUT2D eigenvalue weighted by Crippen LogP contribution is 2.46. The second-order valence-electron chi connectivity index (χ2n) is 7.72. The maximum absolute atomic E-state index is 10.1. The fourth-order valence-corrected chi connectivity index (χ4v) is 3.31. The van der Waals surface area contributed by atoms with Crippen LogP contribution in [-0.4, -0.2) is 34.1 Å². The fourth-order valence-electron chi connectivity index (χ4n) is 3.31. The second-order valence-corrected chi connectivity index (χ2v) is 7.72. The van der Waals surface area contributed by atoms with Gasteiger partial charge in [-0.2, -0.15) is 0 Å². The summed E-state index contributed by atoms with van der Waals surface area (Å²) in [5.74, 6) is 0.521. The van der Waals surface area contributed by atoms with E-state index in [2.05, 4.69) is 27.7 Å². The van der Waals surface area contributed by atoms with E-state index in [1.807, 2.05) is 13.8 Å². The summed E-state index contributed by atoms with van der Waals surface area (Å²) in [6.45, 7) is 12.5. The molecule has 4 atom stereocenters. The van der Waals surface area contributed by atoms with E-state index >= 15 is 0 Å². The van der Waals surface area contributed by atoms with Gasteiger partial charge in [-0.3, -0.25) is 0 Å². The first kappa shape index (κ1) is 15.3. The number of ether oxygens (including phenoxy) is 2. The van der Waals surface area contributed by atoms with Crippen LogP contribution in [0.1, 0.15) is 67.2 Å². The van der Waals surface area contributed by atoms with Crippen LogP contribution in [0.2, 0.25) is 0 Å². The molecule has 0 aliphatic carbocycles. The molecule has 112 valence electrons. The highest BCUT2D eigenvalue weighted by molar-refractivity contribution is 5.01. The van der Waals surface area contributed by atoms with Crippen molar-refractivity contribution in [1.82, 2.24) is 0 Å². The van der Waals surface area contributed by atoms with Crippen molar-refractivity contribution in [3.63, 3.8) is 0 Å². The summed E-state index contributed by atoms with van der Waals surface area (Å²) in [6, 6.07) is 0. The lowest BCUT2D eigenvalue weighted by molar-refractivity contribution is -0.180. The van der Waals surface area contributed by atoms with Crippen molar-refractivity contribution in [2.45, 2.75) is 96.2 Å². The Morgan fingerprint density at radius 3 is 2.16 bits per heavy atom. The topological polar surface area (TPSA) is 38.7 Å². The zero-order valence-corrected chi connectivity index (χ0v) is 13.3. The van der Waals surface area contributed by atoms with Crippen LogP contribution in [0.4, 0.5) is 0 Å². The fraction of sp³-hybridized carbons (Fsp3) is 1.00. The lowest BCUT2D eigenvalue weighted by atomic mass is 9.88. The van der Waals surface area contributed by atoms with Crippen LogP contribution in [0.5, 0.6) is 0 Å². The third-order valence-electron chi connectivity index (χ3n) is 5.32. The lowest BCUT2D eigenvalue weighted by Crippen LogP contribution is -2.45. The highest BCUT2D eigenvalue weighted by Gasteiger charge is 2.52. The van der Waals surface area contributed by atoms with E-state index in [0.29, 0.717) is 5.92 Å². The van der Waals surface area contributed by atoms with Crippen LogP contribution < -0.4 is 0 Å². The Hall–Kier alpha value is -0.120. The molecule has 0 amide bonds. The maximum Gasteiger partial charge on any atom is 0.0921 e. The molecule has 0 bridgehead atoms. The Labute approximate surface area is 117 Å². The molecule has 19 heavy (non-hydrogen) atoms. The summed E-state index contributed by atoms with van der Waals surface area (Å²) in [5.41, 5.74) is -1.03. The molecule has 2 rings (SSSR count). The SMILES string of the molecule is CC(C)[C@@]1(C)CC[C@H]([C@@]2(C)CC[C@@H](C(C)(C)O)O2)O1. The molecule has 0 saturated carbocycles. The maximum atomic E-state index is 10.1. The molecule has 2 saturated heterocycles. The van der Waals surface area contributed by atoms with Crippen LogP contribution in [0.15, 0.2) is 0 Å². The van der Waals surface area contributed by atoms with E-state index in [1.165, 1.54) is 0 Å². The lowest BCUT2D eigenvalue weighted by Gasteiger charge is -2.36. The van der Waals surface area contributed by atoms with E-state index in [-0.39, 0.29) is 23.4 Å². The zero-order chi connectivity index (χ0) is 14.5. The van der Waals surface area contributed by atoms with Gasteiger partial charge >= 0.3 is 0 Å². The molecule has 0 radical (unpaired) electrons.